The van der Waals surface area contributed by atoms with E-state index in [0.29, 0.717) is 19.6 Å². The van der Waals surface area contributed by atoms with Crippen molar-refractivity contribution in [2.75, 3.05) is 13.2 Å². The Morgan fingerprint density at radius 2 is 2.10 bits per heavy atom. The van der Waals surface area contributed by atoms with Crippen LogP contribution in [0.15, 0.2) is 23.1 Å². The summed E-state index contributed by atoms with van der Waals surface area (Å²) in [6.07, 6.45) is 1.66. The van der Waals surface area contributed by atoms with Gasteiger partial charge in [-0.2, -0.15) is 5.26 Å². The average molecular weight is 331 g/mol. The monoisotopic (exact) mass is 330 g/mol. The van der Waals surface area contributed by atoms with E-state index < -0.39 is 10.0 Å². The number of sulfonamides is 1. The molecular formula is C14H19ClN2O3S. The first-order valence-corrected chi connectivity index (χ1v) is 8.54. The maximum atomic E-state index is 12.0. The Kier molecular flexibility index (Phi) is 7.12. The van der Waals surface area contributed by atoms with Gasteiger partial charge in [-0.25, -0.2) is 13.1 Å². The molecule has 0 bridgehead atoms. The predicted octanol–water partition coefficient (Wildman–Crippen LogP) is 2.70. The number of unbranched alkanes of at least 4 members (excludes halogenated alkanes) is 1. The molecule has 7 heteroatoms. The maximum Gasteiger partial charge on any atom is 0.240 e. The van der Waals surface area contributed by atoms with Crippen LogP contribution in [0.25, 0.3) is 0 Å². The zero-order chi connectivity index (χ0) is 15.9. The van der Waals surface area contributed by atoms with Crippen molar-refractivity contribution < 1.29 is 13.2 Å². The van der Waals surface area contributed by atoms with E-state index >= 15 is 0 Å². The van der Waals surface area contributed by atoms with E-state index in [0.717, 1.165) is 6.42 Å². The standard InChI is InChI=1S/C14H19ClN2O3S/c1-11(2)20-8-4-3-7-17-21(18,19)13-6-5-12(10-16)14(15)9-13/h5-6,9,11,17H,3-4,7-8H2,1-2H3. The van der Waals surface area contributed by atoms with Gasteiger partial charge in [0.1, 0.15) is 6.07 Å². The van der Waals surface area contributed by atoms with E-state index in [4.69, 9.17) is 21.6 Å². The highest BCUT2D eigenvalue weighted by Crippen LogP contribution is 2.20. The maximum absolute atomic E-state index is 12.0. The lowest BCUT2D eigenvalue weighted by molar-refractivity contribution is 0.0762. The average Bonchev–Trinajstić information content (AvgIpc) is 2.42. The normalized spacial score (nSPS) is 11.6. The van der Waals surface area contributed by atoms with Crippen LogP contribution in [0, 0.1) is 11.3 Å². The predicted molar refractivity (Wildman–Crippen MR) is 81.7 cm³/mol. The lowest BCUT2D eigenvalue weighted by Gasteiger charge is -2.09. The molecule has 0 saturated heterocycles. The Bertz CT molecular complexity index is 609. The van der Waals surface area contributed by atoms with Crippen LogP contribution in [0.5, 0.6) is 0 Å². The molecule has 0 fully saturated rings. The van der Waals surface area contributed by atoms with Gasteiger partial charge in [-0.15, -0.1) is 0 Å². The summed E-state index contributed by atoms with van der Waals surface area (Å²) in [7, 11) is -3.60. The summed E-state index contributed by atoms with van der Waals surface area (Å²) in [5, 5.41) is 8.89. The fraction of sp³-hybridized carbons (Fsp3) is 0.500. The number of hydrogen-bond donors (Lipinski definition) is 1. The van der Waals surface area contributed by atoms with Gasteiger partial charge in [0, 0.05) is 13.2 Å². The molecule has 116 valence electrons. The van der Waals surface area contributed by atoms with Crippen LogP contribution in [-0.4, -0.2) is 27.7 Å². The smallest absolute Gasteiger partial charge is 0.240 e. The van der Waals surface area contributed by atoms with Crippen LogP contribution in [0.2, 0.25) is 5.02 Å². The lowest BCUT2D eigenvalue weighted by atomic mass is 10.2. The van der Waals surface area contributed by atoms with Gasteiger partial charge in [-0.3, -0.25) is 0 Å². The van der Waals surface area contributed by atoms with Crippen molar-refractivity contribution in [3.8, 4) is 6.07 Å². The van der Waals surface area contributed by atoms with E-state index in [1.165, 1.54) is 18.2 Å². The van der Waals surface area contributed by atoms with Gasteiger partial charge in [0.25, 0.3) is 0 Å². The molecule has 5 nitrogen and oxygen atoms in total. The molecule has 0 aliphatic heterocycles. The largest absolute Gasteiger partial charge is 0.379 e. The minimum Gasteiger partial charge on any atom is -0.379 e. The summed E-state index contributed by atoms with van der Waals surface area (Å²) in [5.41, 5.74) is 0.251. The molecule has 1 aromatic rings. The summed E-state index contributed by atoms with van der Waals surface area (Å²) in [6.45, 7) is 4.86. The first-order chi connectivity index (χ1) is 9.86. The highest BCUT2D eigenvalue weighted by atomic mass is 35.5. The highest BCUT2D eigenvalue weighted by molar-refractivity contribution is 7.89. The number of rotatable bonds is 8. The third-order valence-corrected chi connectivity index (χ3v) is 4.46. The number of nitrogens with one attached hydrogen (secondary N) is 1. The van der Waals surface area contributed by atoms with Crippen LogP contribution in [0.4, 0.5) is 0 Å². The molecule has 0 atom stereocenters. The second kappa shape index (κ2) is 8.35. The van der Waals surface area contributed by atoms with E-state index in [9.17, 15) is 8.42 Å². The Morgan fingerprint density at radius 1 is 1.38 bits per heavy atom. The third kappa shape index (κ3) is 6.02. The molecule has 0 aliphatic rings. The first-order valence-electron chi connectivity index (χ1n) is 6.67. The SMILES string of the molecule is CC(C)OCCCCNS(=O)(=O)c1ccc(C#N)c(Cl)c1. The van der Waals surface area contributed by atoms with Crippen LogP contribution in [0.3, 0.4) is 0 Å². The van der Waals surface area contributed by atoms with Crippen LogP contribution < -0.4 is 4.72 Å². The molecule has 0 aliphatic carbocycles. The Labute approximate surface area is 130 Å². The second-order valence-corrected chi connectivity index (χ2v) is 6.95. The van der Waals surface area contributed by atoms with Crippen LogP contribution in [-0.2, 0) is 14.8 Å². The van der Waals surface area contributed by atoms with Crippen molar-refractivity contribution in [2.45, 2.75) is 37.7 Å². The molecular weight excluding hydrogens is 312 g/mol. The van der Waals surface area contributed by atoms with Crippen molar-refractivity contribution in [2.24, 2.45) is 0 Å². The molecule has 0 heterocycles. The third-order valence-electron chi connectivity index (χ3n) is 2.69. The molecule has 1 rings (SSSR count). The molecule has 0 amide bonds. The second-order valence-electron chi connectivity index (χ2n) is 4.78. The minimum atomic E-state index is -3.60. The summed E-state index contributed by atoms with van der Waals surface area (Å²) < 4.78 is 32.0. The van der Waals surface area contributed by atoms with Crippen LogP contribution in [0.1, 0.15) is 32.3 Å². The van der Waals surface area contributed by atoms with Crippen molar-refractivity contribution in [3.63, 3.8) is 0 Å². The molecule has 0 unspecified atom stereocenters. The van der Waals surface area contributed by atoms with Gasteiger partial charge < -0.3 is 4.74 Å². The molecule has 0 radical (unpaired) electrons. The van der Waals surface area contributed by atoms with Crippen molar-refractivity contribution in [1.29, 1.82) is 5.26 Å². The van der Waals surface area contributed by atoms with Gasteiger partial charge in [0.05, 0.1) is 21.6 Å². The van der Waals surface area contributed by atoms with E-state index in [1.807, 2.05) is 19.9 Å². The summed E-state index contributed by atoms with van der Waals surface area (Å²) in [5.74, 6) is 0. The molecule has 1 N–H and O–H groups in total. The number of nitriles is 1. The molecule has 21 heavy (non-hydrogen) atoms. The van der Waals surface area contributed by atoms with Gasteiger partial charge >= 0.3 is 0 Å². The summed E-state index contributed by atoms with van der Waals surface area (Å²) in [4.78, 5) is 0.0601. The topological polar surface area (TPSA) is 79.2 Å². The number of benzene rings is 1. The van der Waals surface area contributed by atoms with Gasteiger partial charge in [-0.1, -0.05) is 11.6 Å². The van der Waals surface area contributed by atoms with Crippen molar-refractivity contribution in [3.05, 3.63) is 28.8 Å². The molecule has 1 aromatic carbocycles. The van der Waals surface area contributed by atoms with Gasteiger partial charge in [-0.05, 0) is 44.9 Å². The lowest BCUT2D eigenvalue weighted by Crippen LogP contribution is -2.25. The Hall–Kier alpha value is -1.13. The van der Waals surface area contributed by atoms with Crippen LogP contribution >= 0.6 is 11.6 Å². The Morgan fingerprint density at radius 3 is 2.67 bits per heavy atom. The number of nitrogens with zero attached hydrogens (tertiary/aromatic N) is 1. The van der Waals surface area contributed by atoms with Crippen molar-refractivity contribution >= 4 is 21.6 Å². The quantitative estimate of drug-likeness (QED) is 0.743. The van der Waals surface area contributed by atoms with Gasteiger partial charge in [0.15, 0.2) is 0 Å². The zero-order valence-corrected chi connectivity index (χ0v) is 13.7. The summed E-state index contributed by atoms with van der Waals surface area (Å²) in [6, 6.07) is 5.94. The van der Waals surface area contributed by atoms with Gasteiger partial charge in [0.2, 0.25) is 10.0 Å². The van der Waals surface area contributed by atoms with Crippen molar-refractivity contribution in [1.82, 2.24) is 4.72 Å². The highest BCUT2D eigenvalue weighted by Gasteiger charge is 2.15. The summed E-state index contributed by atoms with van der Waals surface area (Å²) >= 11 is 5.84. The molecule has 0 aromatic heterocycles. The number of hydrogen-bond acceptors (Lipinski definition) is 4. The minimum absolute atomic E-state index is 0.0601. The first kappa shape index (κ1) is 17.9. The molecule has 0 spiro atoms. The fourth-order valence-electron chi connectivity index (χ4n) is 1.59. The molecule has 0 saturated carbocycles. The Balaban J connectivity index is 2.51. The number of ether oxygens (including phenoxy) is 1. The van der Waals surface area contributed by atoms with E-state index in [-0.39, 0.29) is 21.6 Å². The van der Waals surface area contributed by atoms with E-state index in [1.54, 1.807) is 0 Å². The van der Waals surface area contributed by atoms with E-state index in [2.05, 4.69) is 4.72 Å². The fourth-order valence-corrected chi connectivity index (χ4v) is 2.98. The number of halogens is 1. The zero-order valence-electron chi connectivity index (χ0n) is 12.1.